The SMILES string of the molecule is COc1cccc(C(=O)CC2(O)C(=O)Nc3ccc(Br)cc32)c1. The molecule has 1 aliphatic heterocycles. The van der Waals surface area contributed by atoms with Crippen molar-refractivity contribution >= 4 is 33.3 Å². The Balaban J connectivity index is 1.94. The predicted octanol–water partition coefficient (Wildman–Crippen LogP) is 2.87. The van der Waals surface area contributed by atoms with E-state index < -0.39 is 11.5 Å². The number of amides is 1. The number of aliphatic hydroxyl groups is 1. The summed E-state index contributed by atoms with van der Waals surface area (Å²) in [7, 11) is 1.51. The molecule has 0 aliphatic carbocycles. The van der Waals surface area contributed by atoms with E-state index in [1.54, 1.807) is 42.5 Å². The molecule has 5 nitrogen and oxygen atoms in total. The van der Waals surface area contributed by atoms with Gasteiger partial charge in [-0.15, -0.1) is 0 Å². The first-order chi connectivity index (χ1) is 10.9. The average molecular weight is 376 g/mol. The van der Waals surface area contributed by atoms with Gasteiger partial charge in [0, 0.05) is 21.3 Å². The van der Waals surface area contributed by atoms with Crippen LogP contribution in [0.15, 0.2) is 46.9 Å². The molecular formula is C17H14BrNO4. The number of Topliss-reactive ketones (excluding diaryl/α,β-unsaturated/α-hetero) is 1. The quantitative estimate of drug-likeness (QED) is 0.805. The lowest BCUT2D eigenvalue weighted by atomic mass is 9.88. The van der Waals surface area contributed by atoms with Crippen LogP contribution in [0.4, 0.5) is 5.69 Å². The number of hydrogen-bond donors (Lipinski definition) is 2. The molecule has 0 radical (unpaired) electrons. The van der Waals surface area contributed by atoms with Crippen LogP contribution in [0.5, 0.6) is 5.75 Å². The van der Waals surface area contributed by atoms with E-state index in [0.29, 0.717) is 22.6 Å². The molecule has 0 fully saturated rings. The largest absolute Gasteiger partial charge is 0.497 e. The third kappa shape index (κ3) is 2.75. The highest BCUT2D eigenvalue weighted by molar-refractivity contribution is 9.10. The Hall–Kier alpha value is -2.18. The van der Waals surface area contributed by atoms with E-state index in [1.165, 1.54) is 7.11 Å². The number of methoxy groups -OCH3 is 1. The van der Waals surface area contributed by atoms with Gasteiger partial charge in [0.15, 0.2) is 11.4 Å². The normalized spacial score (nSPS) is 19.2. The minimum atomic E-state index is -1.88. The van der Waals surface area contributed by atoms with Crippen molar-refractivity contribution in [2.45, 2.75) is 12.0 Å². The molecule has 1 unspecified atom stereocenters. The van der Waals surface area contributed by atoms with Gasteiger partial charge in [-0.05, 0) is 30.3 Å². The van der Waals surface area contributed by atoms with Gasteiger partial charge in [-0.3, -0.25) is 9.59 Å². The number of rotatable bonds is 4. The van der Waals surface area contributed by atoms with Crippen molar-refractivity contribution in [2.24, 2.45) is 0 Å². The molecule has 0 aromatic heterocycles. The summed E-state index contributed by atoms with van der Waals surface area (Å²) in [5.74, 6) is -0.391. The number of hydrogen-bond acceptors (Lipinski definition) is 4. The zero-order valence-electron chi connectivity index (χ0n) is 12.3. The van der Waals surface area contributed by atoms with Crippen LogP contribution in [0.1, 0.15) is 22.3 Å². The smallest absolute Gasteiger partial charge is 0.261 e. The Morgan fingerprint density at radius 1 is 1.30 bits per heavy atom. The second-order valence-electron chi connectivity index (χ2n) is 5.34. The number of carbonyl (C=O) groups excluding carboxylic acids is 2. The maximum absolute atomic E-state index is 12.5. The maximum Gasteiger partial charge on any atom is 0.261 e. The van der Waals surface area contributed by atoms with E-state index in [1.807, 2.05) is 0 Å². The summed E-state index contributed by atoms with van der Waals surface area (Å²) in [6.07, 6.45) is -0.338. The molecule has 0 spiro atoms. The number of fused-ring (bicyclic) bond motifs is 1. The van der Waals surface area contributed by atoms with Gasteiger partial charge in [-0.25, -0.2) is 0 Å². The Bertz CT molecular complexity index is 805. The highest BCUT2D eigenvalue weighted by Gasteiger charge is 2.46. The number of carbonyl (C=O) groups is 2. The zero-order chi connectivity index (χ0) is 16.6. The van der Waals surface area contributed by atoms with E-state index >= 15 is 0 Å². The van der Waals surface area contributed by atoms with Crippen molar-refractivity contribution in [3.8, 4) is 5.75 Å². The lowest BCUT2D eigenvalue weighted by Crippen LogP contribution is -2.36. The molecule has 6 heteroatoms. The maximum atomic E-state index is 12.5. The van der Waals surface area contributed by atoms with Gasteiger partial charge < -0.3 is 15.2 Å². The highest BCUT2D eigenvalue weighted by atomic mass is 79.9. The van der Waals surface area contributed by atoms with Crippen molar-refractivity contribution in [2.75, 3.05) is 12.4 Å². The van der Waals surface area contributed by atoms with Gasteiger partial charge in [0.25, 0.3) is 5.91 Å². The van der Waals surface area contributed by atoms with Crippen LogP contribution in [0.25, 0.3) is 0 Å². The molecule has 1 amide bonds. The number of halogens is 1. The molecule has 0 saturated heterocycles. The zero-order valence-corrected chi connectivity index (χ0v) is 13.9. The standard InChI is InChI=1S/C17H14BrNO4/c1-23-12-4-2-3-10(7-12)15(20)9-17(22)13-8-11(18)5-6-14(13)19-16(17)21/h2-8,22H,9H2,1H3,(H,19,21). The molecule has 0 bridgehead atoms. The first-order valence-corrected chi connectivity index (χ1v) is 7.74. The first kappa shape index (κ1) is 15.7. The Labute approximate surface area is 141 Å². The molecule has 23 heavy (non-hydrogen) atoms. The van der Waals surface area contributed by atoms with E-state index in [4.69, 9.17) is 4.74 Å². The minimum absolute atomic E-state index is 0.338. The Morgan fingerprint density at radius 2 is 2.09 bits per heavy atom. The topological polar surface area (TPSA) is 75.6 Å². The first-order valence-electron chi connectivity index (χ1n) is 6.95. The van der Waals surface area contributed by atoms with E-state index in [2.05, 4.69) is 21.2 Å². The Kier molecular flexibility index (Phi) is 3.95. The van der Waals surface area contributed by atoms with E-state index in [-0.39, 0.29) is 12.2 Å². The number of ketones is 1. The number of anilines is 1. The van der Waals surface area contributed by atoms with Crippen molar-refractivity contribution in [1.82, 2.24) is 0 Å². The van der Waals surface area contributed by atoms with Crippen LogP contribution >= 0.6 is 15.9 Å². The van der Waals surface area contributed by atoms with Crippen molar-refractivity contribution < 1.29 is 19.4 Å². The second-order valence-corrected chi connectivity index (χ2v) is 6.25. The highest BCUT2D eigenvalue weighted by Crippen LogP contribution is 2.40. The Morgan fingerprint density at radius 3 is 2.83 bits per heavy atom. The molecule has 0 saturated carbocycles. The molecule has 1 aliphatic rings. The van der Waals surface area contributed by atoms with Gasteiger partial charge in [0.1, 0.15) is 5.75 Å². The van der Waals surface area contributed by atoms with Gasteiger partial charge in [-0.2, -0.15) is 0 Å². The third-order valence-electron chi connectivity index (χ3n) is 3.86. The molecule has 1 atom stereocenters. The van der Waals surface area contributed by atoms with Crippen molar-refractivity contribution in [3.05, 3.63) is 58.1 Å². The number of nitrogens with one attached hydrogen (secondary N) is 1. The van der Waals surface area contributed by atoms with Crippen molar-refractivity contribution in [3.63, 3.8) is 0 Å². The van der Waals surface area contributed by atoms with Crippen LogP contribution in [0.2, 0.25) is 0 Å². The molecular weight excluding hydrogens is 362 g/mol. The lowest BCUT2D eigenvalue weighted by molar-refractivity contribution is -0.133. The summed E-state index contributed by atoms with van der Waals surface area (Å²) in [5, 5.41) is 13.4. The molecule has 2 N–H and O–H groups in total. The van der Waals surface area contributed by atoms with Crippen LogP contribution in [-0.2, 0) is 10.4 Å². The van der Waals surface area contributed by atoms with Crippen molar-refractivity contribution in [1.29, 1.82) is 0 Å². The fourth-order valence-electron chi connectivity index (χ4n) is 2.62. The summed E-state index contributed by atoms with van der Waals surface area (Å²) in [6.45, 7) is 0. The fourth-order valence-corrected chi connectivity index (χ4v) is 2.98. The number of ether oxygens (including phenoxy) is 1. The molecule has 2 aromatic carbocycles. The number of benzene rings is 2. The van der Waals surface area contributed by atoms with Crippen LogP contribution in [0, 0.1) is 0 Å². The predicted molar refractivity (Wildman–Crippen MR) is 88.6 cm³/mol. The summed E-state index contributed by atoms with van der Waals surface area (Å²) >= 11 is 3.31. The van der Waals surface area contributed by atoms with E-state index in [0.717, 1.165) is 4.47 Å². The average Bonchev–Trinajstić information content (AvgIpc) is 2.78. The van der Waals surface area contributed by atoms with Crippen LogP contribution < -0.4 is 10.1 Å². The van der Waals surface area contributed by atoms with Crippen LogP contribution in [-0.4, -0.2) is 23.9 Å². The monoisotopic (exact) mass is 375 g/mol. The molecule has 118 valence electrons. The van der Waals surface area contributed by atoms with Gasteiger partial charge in [0.2, 0.25) is 0 Å². The summed E-state index contributed by atoms with van der Waals surface area (Å²) < 4.78 is 5.82. The minimum Gasteiger partial charge on any atom is -0.497 e. The fraction of sp³-hybridized carbons (Fsp3) is 0.176. The van der Waals surface area contributed by atoms with Gasteiger partial charge in [0.05, 0.1) is 13.5 Å². The lowest BCUT2D eigenvalue weighted by Gasteiger charge is -2.20. The third-order valence-corrected chi connectivity index (χ3v) is 4.35. The second kappa shape index (κ2) is 5.79. The van der Waals surface area contributed by atoms with Gasteiger partial charge in [-0.1, -0.05) is 28.1 Å². The van der Waals surface area contributed by atoms with Crippen LogP contribution in [0.3, 0.4) is 0 Å². The summed E-state index contributed by atoms with van der Waals surface area (Å²) in [5.41, 5.74) is -0.583. The molecule has 2 aromatic rings. The van der Waals surface area contributed by atoms with E-state index in [9.17, 15) is 14.7 Å². The molecule has 3 rings (SSSR count). The molecule has 1 heterocycles. The summed E-state index contributed by atoms with van der Waals surface area (Å²) in [4.78, 5) is 24.7. The van der Waals surface area contributed by atoms with Gasteiger partial charge >= 0.3 is 0 Å². The summed E-state index contributed by atoms with van der Waals surface area (Å²) in [6, 6.07) is 11.7.